The lowest BCUT2D eigenvalue weighted by Crippen LogP contribution is -2.46. The van der Waals surface area contributed by atoms with Gasteiger partial charge in [0.05, 0.1) is 62.0 Å². The first-order valence-electron chi connectivity index (χ1n) is 22.2. The highest BCUT2D eigenvalue weighted by Gasteiger charge is 2.36. The van der Waals surface area contributed by atoms with Gasteiger partial charge in [0.15, 0.2) is 0 Å². The van der Waals surface area contributed by atoms with Gasteiger partial charge < -0.3 is 30.7 Å². The summed E-state index contributed by atoms with van der Waals surface area (Å²) in [6, 6.07) is 22.7. The Morgan fingerprint density at radius 3 is 2.02 bits per heavy atom. The van der Waals surface area contributed by atoms with Crippen LogP contribution in [0.4, 0.5) is 0 Å². The number of hydrogen-bond donors (Lipinski definition) is 4. The van der Waals surface area contributed by atoms with Crippen molar-refractivity contribution in [2.24, 2.45) is 0 Å². The molecule has 0 radical (unpaired) electrons. The van der Waals surface area contributed by atoms with E-state index in [1.807, 2.05) is 12.4 Å². The van der Waals surface area contributed by atoms with Crippen molar-refractivity contribution in [1.82, 2.24) is 41.0 Å². The first-order chi connectivity index (χ1) is 28.6. The molecular weight excluding hydrogens is 721 g/mol. The van der Waals surface area contributed by atoms with Crippen LogP contribution in [0.5, 0.6) is 0 Å². The normalized spacial score (nSPS) is 28.4. The van der Waals surface area contributed by atoms with Crippen molar-refractivity contribution in [2.75, 3.05) is 66.7 Å². The number of aromatic nitrogens is 2. The molecule has 2 fully saturated rings. The van der Waals surface area contributed by atoms with Gasteiger partial charge in [-0.3, -0.25) is 19.8 Å². The molecule has 2 saturated heterocycles. The highest BCUT2D eigenvalue weighted by atomic mass is 16.5. The van der Waals surface area contributed by atoms with Gasteiger partial charge in [-0.15, -0.1) is 0 Å². The lowest BCUT2D eigenvalue weighted by molar-refractivity contribution is 0.0764. The van der Waals surface area contributed by atoms with Crippen LogP contribution >= 0.6 is 0 Å². The number of nitrogens with zero attached hydrogens (tertiary/aromatic N) is 4. The fourth-order valence-electron chi connectivity index (χ4n) is 11.4. The Balaban J connectivity index is 0.875. The highest BCUT2D eigenvalue weighted by molar-refractivity contribution is 5.48. The van der Waals surface area contributed by atoms with Gasteiger partial charge in [-0.05, 0) is 121 Å². The van der Waals surface area contributed by atoms with Crippen LogP contribution in [0.25, 0.3) is 0 Å². The van der Waals surface area contributed by atoms with Gasteiger partial charge in [0.25, 0.3) is 0 Å². The Kier molecular flexibility index (Phi) is 11.4. The number of hydrogen-bond acceptors (Lipinski definition) is 10. The number of benzene rings is 2. The molecule has 0 spiro atoms. The van der Waals surface area contributed by atoms with Gasteiger partial charge in [0.2, 0.25) is 0 Å². The van der Waals surface area contributed by atoms with Crippen molar-refractivity contribution in [1.29, 1.82) is 0 Å². The third kappa shape index (κ3) is 7.79. The Bertz CT molecular complexity index is 2060. The van der Waals surface area contributed by atoms with Gasteiger partial charge in [-0.25, -0.2) is 0 Å². The van der Waals surface area contributed by atoms with Crippen LogP contribution in [0.1, 0.15) is 117 Å². The molecule has 58 heavy (non-hydrogen) atoms. The smallest absolute Gasteiger partial charge is 0.0662 e. The van der Waals surface area contributed by atoms with Crippen LogP contribution < -0.4 is 21.3 Å². The van der Waals surface area contributed by atoms with Gasteiger partial charge in [-0.1, -0.05) is 42.5 Å². The zero-order valence-corrected chi connectivity index (χ0v) is 34.5. The summed E-state index contributed by atoms with van der Waals surface area (Å²) in [5, 5.41) is 15.4. The third-order valence-corrected chi connectivity index (χ3v) is 14.3. The number of nitrogens with one attached hydrogen (secondary N) is 4. The van der Waals surface area contributed by atoms with Crippen LogP contribution in [-0.2, 0) is 41.8 Å². The molecule has 10 rings (SSSR count). The van der Waals surface area contributed by atoms with Crippen molar-refractivity contribution in [2.45, 2.75) is 100 Å². The molecule has 4 N–H and O–H groups in total. The second-order valence-corrected chi connectivity index (χ2v) is 17.9. The van der Waals surface area contributed by atoms with Crippen LogP contribution in [0.2, 0.25) is 0 Å². The molecule has 6 aliphatic rings. The Morgan fingerprint density at radius 1 is 0.638 bits per heavy atom. The zero-order chi connectivity index (χ0) is 39.0. The van der Waals surface area contributed by atoms with Crippen molar-refractivity contribution < 1.29 is 9.47 Å². The first kappa shape index (κ1) is 38.6. The zero-order valence-electron chi connectivity index (χ0n) is 34.5. The maximum Gasteiger partial charge on any atom is 0.0662 e. The molecule has 2 aliphatic carbocycles. The summed E-state index contributed by atoms with van der Waals surface area (Å²) < 4.78 is 12.0. The van der Waals surface area contributed by atoms with Crippen LogP contribution in [0.3, 0.4) is 0 Å². The average Bonchev–Trinajstić information content (AvgIpc) is 3.28. The van der Waals surface area contributed by atoms with E-state index in [4.69, 9.17) is 19.4 Å². The van der Waals surface area contributed by atoms with Gasteiger partial charge >= 0.3 is 0 Å². The minimum Gasteiger partial charge on any atom is -0.378 e. The fourth-order valence-corrected chi connectivity index (χ4v) is 11.4. The molecule has 4 aromatic rings. The van der Waals surface area contributed by atoms with Crippen molar-refractivity contribution in [3.05, 3.63) is 128 Å². The Hall–Kier alpha value is -3.58. The lowest BCUT2D eigenvalue weighted by Gasteiger charge is -2.40. The molecule has 0 saturated carbocycles. The third-order valence-electron chi connectivity index (χ3n) is 14.3. The summed E-state index contributed by atoms with van der Waals surface area (Å²) in [5.74, 6) is 0.317. The molecule has 6 heterocycles. The monoisotopic (exact) mass is 782 g/mol. The minimum atomic E-state index is 0.208. The number of ether oxygens (including phenoxy) is 2. The summed E-state index contributed by atoms with van der Waals surface area (Å²) in [7, 11) is 4.62. The molecule has 2 aromatic heterocycles. The first-order valence-corrected chi connectivity index (χ1v) is 22.2. The average molecular weight is 783 g/mol. The number of pyridine rings is 2. The predicted octanol–water partition coefficient (Wildman–Crippen LogP) is 5.44. The van der Waals surface area contributed by atoms with E-state index in [1.54, 1.807) is 0 Å². The summed E-state index contributed by atoms with van der Waals surface area (Å²) in [5.41, 5.74) is 15.5. The van der Waals surface area contributed by atoms with E-state index in [2.05, 4.69) is 99.8 Å². The van der Waals surface area contributed by atoms with Crippen LogP contribution in [0, 0.1) is 0 Å². The molecule has 0 bridgehead atoms. The molecule has 0 amide bonds. The molecule has 2 aromatic carbocycles. The maximum atomic E-state index is 6.11. The Morgan fingerprint density at radius 2 is 1.28 bits per heavy atom. The molecular formula is C48H62N8O2. The number of rotatable bonds is 9. The summed E-state index contributed by atoms with van der Waals surface area (Å²) in [6.07, 6.45) is 11.8. The van der Waals surface area contributed by atoms with Crippen LogP contribution in [-0.4, -0.2) is 98.6 Å². The largest absolute Gasteiger partial charge is 0.378 e. The topological polar surface area (TPSA) is 98.8 Å². The van der Waals surface area contributed by atoms with E-state index in [-0.39, 0.29) is 18.1 Å². The molecule has 10 nitrogen and oxygen atoms in total. The standard InChI is InChI=1S/C48H62N8O2/c1-55(45-12-4-7-31-9-5-15-51-47(31)45)27-36-24-41-34(26-54-36)21-33(22-42(41)44-30-58-20-18-50-44)37-13-14-46(48-39(37)11-6-16-52-48)56(2)28-35-23-40-32(25-53-35)8-3-10-38(40)43-29-57-19-17-49-43/h3,5-6,8-11,15-16,21-22,35-37,43-46,49-50,53-54H,4,7,12-14,17-20,23-30H2,1-2H3/t35-,36+,37?,43?,44?,45-,46-/m0/s1. The van der Waals surface area contributed by atoms with Gasteiger partial charge in [0, 0.05) is 69.7 Å². The Labute approximate surface area is 344 Å². The van der Waals surface area contributed by atoms with E-state index in [0.29, 0.717) is 24.0 Å². The van der Waals surface area contributed by atoms with Gasteiger partial charge in [-0.2, -0.15) is 0 Å². The predicted molar refractivity (Wildman–Crippen MR) is 228 cm³/mol. The number of morpholine rings is 2. The number of fused-ring (bicyclic) bond motifs is 4. The van der Waals surface area contributed by atoms with Crippen molar-refractivity contribution >= 4 is 0 Å². The molecule has 7 atom stereocenters. The van der Waals surface area contributed by atoms with E-state index in [0.717, 1.165) is 97.8 Å². The number of likely N-dealkylation sites (N-methyl/N-ethyl adjacent to an activating group) is 2. The maximum absolute atomic E-state index is 6.11. The lowest BCUT2D eigenvalue weighted by atomic mass is 9.76. The van der Waals surface area contributed by atoms with Gasteiger partial charge in [0.1, 0.15) is 0 Å². The second-order valence-electron chi connectivity index (χ2n) is 17.9. The molecule has 3 unspecified atom stereocenters. The quantitative estimate of drug-likeness (QED) is 0.176. The molecule has 306 valence electrons. The SMILES string of the molecule is CN(C[C@H]1Cc2c(cc(C3CC[C@H](N(C)C[C@@H]4Cc5c(cccc5C5COCCN5)CN4)c4ncccc43)cc2C2COCCN2)CN1)[C@H]1CCCc2cccnc21. The summed E-state index contributed by atoms with van der Waals surface area (Å²) in [6.45, 7) is 8.64. The van der Waals surface area contributed by atoms with E-state index in [9.17, 15) is 0 Å². The van der Waals surface area contributed by atoms with Crippen molar-refractivity contribution in [3.63, 3.8) is 0 Å². The molecule has 4 aliphatic heterocycles. The van der Waals surface area contributed by atoms with E-state index in [1.165, 1.54) is 74.3 Å². The van der Waals surface area contributed by atoms with Crippen molar-refractivity contribution in [3.8, 4) is 0 Å². The summed E-state index contributed by atoms with van der Waals surface area (Å²) in [4.78, 5) is 15.2. The van der Waals surface area contributed by atoms with E-state index < -0.39 is 0 Å². The highest BCUT2D eigenvalue weighted by Crippen LogP contribution is 2.44. The fraction of sp³-hybridized carbons (Fsp3) is 0.542. The second kappa shape index (κ2) is 17.2. The van der Waals surface area contributed by atoms with Crippen LogP contribution in [0.15, 0.2) is 67.0 Å². The van der Waals surface area contributed by atoms with E-state index >= 15 is 0 Å². The minimum absolute atomic E-state index is 0.208. The number of aryl methyl sites for hydroxylation is 1. The molecule has 10 heteroatoms. The summed E-state index contributed by atoms with van der Waals surface area (Å²) >= 11 is 0.